The van der Waals surface area contributed by atoms with Crippen molar-refractivity contribution in [3.63, 3.8) is 0 Å². The van der Waals surface area contributed by atoms with Gasteiger partial charge in [-0.25, -0.2) is 4.79 Å². The fraction of sp³-hybridized carbons (Fsp3) is 0.300. The minimum atomic E-state index is -0.0951. The number of benzene rings is 2. The molecule has 2 aromatic carbocycles. The molecule has 0 unspecified atom stereocenters. The minimum Gasteiger partial charge on any atom is -0.497 e. The summed E-state index contributed by atoms with van der Waals surface area (Å²) in [4.78, 5) is 28.4. The predicted octanol–water partition coefficient (Wildman–Crippen LogP) is 2.36. The van der Waals surface area contributed by atoms with Crippen molar-refractivity contribution < 1.29 is 14.3 Å². The van der Waals surface area contributed by atoms with Gasteiger partial charge >= 0.3 is 6.03 Å². The van der Waals surface area contributed by atoms with Crippen molar-refractivity contribution >= 4 is 11.9 Å². The number of methoxy groups -OCH3 is 1. The first-order chi connectivity index (χ1) is 12.7. The Morgan fingerprint density at radius 1 is 0.962 bits per heavy atom. The Kier molecular flexibility index (Phi) is 5.73. The first kappa shape index (κ1) is 17.8. The van der Waals surface area contributed by atoms with Crippen LogP contribution in [0.3, 0.4) is 0 Å². The molecule has 3 amide bonds. The molecule has 26 heavy (non-hydrogen) atoms. The highest BCUT2D eigenvalue weighted by Crippen LogP contribution is 2.15. The molecule has 6 heteroatoms. The number of carbonyl (C=O) groups excluding carboxylic acids is 2. The van der Waals surface area contributed by atoms with Crippen LogP contribution in [0.4, 0.5) is 4.79 Å². The van der Waals surface area contributed by atoms with E-state index >= 15 is 0 Å². The van der Waals surface area contributed by atoms with E-state index in [1.807, 2.05) is 36.4 Å². The number of rotatable bonds is 4. The van der Waals surface area contributed by atoms with Gasteiger partial charge in [-0.15, -0.1) is 0 Å². The lowest BCUT2D eigenvalue weighted by molar-refractivity contribution is 0.0664. The molecule has 0 spiro atoms. The highest BCUT2D eigenvalue weighted by Gasteiger charge is 2.24. The van der Waals surface area contributed by atoms with Crippen LogP contribution in [-0.4, -0.2) is 55.0 Å². The lowest BCUT2D eigenvalue weighted by atomic mass is 10.1. The molecule has 0 aromatic heterocycles. The van der Waals surface area contributed by atoms with Crippen LogP contribution in [0.25, 0.3) is 0 Å². The Labute approximate surface area is 153 Å². The SMILES string of the molecule is COc1cccc(C(=O)N2CCN(C(=O)NCc3ccccc3)CC2)c1. The fourth-order valence-corrected chi connectivity index (χ4v) is 2.94. The summed E-state index contributed by atoms with van der Waals surface area (Å²) in [7, 11) is 1.58. The molecule has 1 aliphatic heterocycles. The van der Waals surface area contributed by atoms with Crippen molar-refractivity contribution in [2.24, 2.45) is 0 Å². The molecule has 3 rings (SSSR count). The zero-order chi connectivity index (χ0) is 18.4. The summed E-state index contributed by atoms with van der Waals surface area (Å²) in [6.45, 7) is 2.60. The van der Waals surface area contributed by atoms with Gasteiger partial charge in [-0.1, -0.05) is 36.4 Å². The van der Waals surface area contributed by atoms with Gasteiger partial charge in [-0.3, -0.25) is 4.79 Å². The number of hydrogen-bond acceptors (Lipinski definition) is 3. The molecule has 1 aliphatic rings. The van der Waals surface area contributed by atoms with E-state index in [4.69, 9.17) is 4.74 Å². The predicted molar refractivity (Wildman–Crippen MR) is 99.1 cm³/mol. The second-order valence-electron chi connectivity index (χ2n) is 6.16. The molecule has 0 radical (unpaired) electrons. The van der Waals surface area contributed by atoms with Crippen LogP contribution in [0, 0.1) is 0 Å². The van der Waals surface area contributed by atoms with Gasteiger partial charge in [0.2, 0.25) is 0 Å². The molecular weight excluding hydrogens is 330 g/mol. The highest BCUT2D eigenvalue weighted by atomic mass is 16.5. The number of nitrogens with one attached hydrogen (secondary N) is 1. The first-order valence-corrected chi connectivity index (χ1v) is 8.67. The second kappa shape index (κ2) is 8.38. The zero-order valence-electron chi connectivity index (χ0n) is 14.9. The lowest BCUT2D eigenvalue weighted by Crippen LogP contribution is -2.53. The van der Waals surface area contributed by atoms with E-state index in [-0.39, 0.29) is 11.9 Å². The van der Waals surface area contributed by atoms with Crippen LogP contribution < -0.4 is 10.1 Å². The second-order valence-corrected chi connectivity index (χ2v) is 6.16. The Morgan fingerprint density at radius 3 is 2.35 bits per heavy atom. The van der Waals surface area contributed by atoms with Crippen LogP contribution >= 0.6 is 0 Å². The van der Waals surface area contributed by atoms with E-state index in [2.05, 4.69) is 5.32 Å². The van der Waals surface area contributed by atoms with E-state index in [0.717, 1.165) is 5.56 Å². The van der Waals surface area contributed by atoms with Crippen LogP contribution in [-0.2, 0) is 6.54 Å². The maximum atomic E-state index is 12.6. The van der Waals surface area contributed by atoms with E-state index in [1.165, 1.54) is 0 Å². The molecular formula is C20H23N3O3. The van der Waals surface area contributed by atoms with Gasteiger partial charge < -0.3 is 19.9 Å². The minimum absolute atomic E-state index is 0.0340. The Bertz CT molecular complexity index is 756. The van der Waals surface area contributed by atoms with Crippen LogP contribution in [0.2, 0.25) is 0 Å². The highest BCUT2D eigenvalue weighted by molar-refractivity contribution is 5.94. The van der Waals surface area contributed by atoms with Crippen molar-refractivity contribution in [3.05, 3.63) is 65.7 Å². The Hall–Kier alpha value is -3.02. The number of urea groups is 1. The van der Waals surface area contributed by atoms with Gasteiger partial charge in [0.15, 0.2) is 0 Å². The molecule has 0 atom stereocenters. The van der Waals surface area contributed by atoms with Gasteiger partial charge in [-0.2, -0.15) is 0 Å². The number of piperazine rings is 1. The zero-order valence-corrected chi connectivity index (χ0v) is 14.9. The smallest absolute Gasteiger partial charge is 0.317 e. The Balaban J connectivity index is 1.50. The summed E-state index contributed by atoms with van der Waals surface area (Å²) in [6.07, 6.45) is 0. The number of ether oxygens (including phenoxy) is 1. The van der Waals surface area contributed by atoms with Crippen molar-refractivity contribution in [2.45, 2.75) is 6.54 Å². The third kappa shape index (κ3) is 4.33. The molecule has 1 N–H and O–H groups in total. The normalized spacial score (nSPS) is 14.0. The van der Waals surface area contributed by atoms with E-state index in [1.54, 1.807) is 35.1 Å². The van der Waals surface area contributed by atoms with Crippen molar-refractivity contribution in [1.82, 2.24) is 15.1 Å². The summed E-state index contributed by atoms with van der Waals surface area (Å²) in [5, 5.41) is 2.93. The van der Waals surface area contributed by atoms with Gasteiger partial charge in [0.25, 0.3) is 5.91 Å². The molecule has 6 nitrogen and oxygen atoms in total. The molecule has 1 heterocycles. The van der Waals surface area contributed by atoms with Crippen LogP contribution in [0.15, 0.2) is 54.6 Å². The number of nitrogens with zero attached hydrogens (tertiary/aromatic N) is 2. The average molecular weight is 353 g/mol. The monoisotopic (exact) mass is 353 g/mol. The van der Waals surface area contributed by atoms with Gasteiger partial charge in [-0.05, 0) is 23.8 Å². The first-order valence-electron chi connectivity index (χ1n) is 8.67. The fourth-order valence-electron chi connectivity index (χ4n) is 2.94. The molecule has 2 aromatic rings. The van der Waals surface area contributed by atoms with E-state index in [9.17, 15) is 9.59 Å². The third-order valence-corrected chi connectivity index (χ3v) is 4.46. The van der Waals surface area contributed by atoms with E-state index < -0.39 is 0 Å². The van der Waals surface area contributed by atoms with Crippen LogP contribution in [0.5, 0.6) is 5.75 Å². The van der Waals surface area contributed by atoms with Crippen molar-refractivity contribution in [3.8, 4) is 5.75 Å². The summed E-state index contributed by atoms with van der Waals surface area (Å²) < 4.78 is 5.17. The average Bonchev–Trinajstić information content (AvgIpc) is 2.72. The van der Waals surface area contributed by atoms with Crippen molar-refractivity contribution in [1.29, 1.82) is 0 Å². The van der Waals surface area contributed by atoms with Gasteiger partial charge in [0.1, 0.15) is 5.75 Å². The van der Waals surface area contributed by atoms with Gasteiger partial charge in [0, 0.05) is 38.3 Å². The quantitative estimate of drug-likeness (QED) is 0.918. The summed E-state index contributed by atoms with van der Waals surface area (Å²) >= 11 is 0. The van der Waals surface area contributed by atoms with Crippen molar-refractivity contribution in [2.75, 3.05) is 33.3 Å². The summed E-state index contributed by atoms with van der Waals surface area (Å²) in [6, 6.07) is 16.8. The topological polar surface area (TPSA) is 61.9 Å². The molecule has 1 saturated heterocycles. The molecule has 0 bridgehead atoms. The largest absolute Gasteiger partial charge is 0.497 e. The summed E-state index contributed by atoms with van der Waals surface area (Å²) in [5.74, 6) is 0.628. The third-order valence-electron chi connectivity index (χ3n) is 4.46. The maximum Gasteiger partial charge on any atom is 0.317 e. The number of amides is 3. The van der Waals surface area contributed by atoms with E-state index in [0.29, 0.717) is 44.0 Å². The molecule has 1 fully saturated rings. The van der Waals surface area contributed by atoms with Gasteiger partial charge in [0.05, 0.1) is 7.11 Å². The molecule has 136 valence electrons. The molecule has 0 aliphatic carbocycles. The lowest BCUT2D eigenvalue weighted by Gasteiger charge is -2.34. The Morgan fingerprint density at radius 2 is 1.65 bits per heavy atom. The number of carbonyl (C=O) groups is 2. The maximum absolute atomic E-state index is 12.6. The number of hydrogen-bond donors (Lipinski definition) is 1. The van der Waals surface area contributed by atoms with Crippen LogP contribution in [0.1, 0.15) is 15.9 Å². The molecule has 0 saturated carbocycles. The standard InChI is InChI=1S/C20H23N3O3/c1-26-18-9-5-8-17(14-18)19(24)22-10-12-23(13-11-22)20(25)21-15-16-6-3-2-4-7-16/h2-9,14H,10-13,15H2,1H3,(H,21,25). The summed E-state index contributed by atoms with van der Waals surface area (Å²) in [5.41, 5.74) is 1.67.